The fourth-order valence-electron chi connectivity index (χ4n) is 2.78. The third-order valence-corrected chi connectivity index (χ3v) is 4.22. The van der Waals surface area contributed by atoms with Crippen molar-refractivity contribution in [2.24, 2.45) is 0 Å². The van der Waals surface area contributed by atoms with Gasteiger partial charge in [0.1, 0.15) is 5.82 Å². The van der Waals surface area contributed by atoms with Gasteiger partial charge in [-0.2, -0.15) is 4.98 Å². The number of carbonyl (C=O) groups is 1. The molecule has 0 spiro atoms. The molecule has 1 aromatic heterocycles. The van der Waals surface area contributed by atoms with E-state index in [4.69, 9.17) is 4.74 Å². The van der Waals surface area contributed by atoms with Gasteiger partial charge in [0.15, 0.2) is 0 Å². The van der Waals surface area contributed by atoms with Crippen molar-refractivity contribution in [3.63, 3.8) is 0 Å². The van der Waals surface area contributed by atoms with Crippen LogP contribution in [0.1, 0.15) is 29.8 Å². The summed E-state index contributed by atoms with van der Waals surface area (Å²) in [4.78, 5) is 22.9. The van der Waals surface area contributed by atoms with E-state index in [0.717, 1.165) is 24.6 Å². The summed E-state index contributed by atoms with van der Waals surface area (Å²) in [5.41, 5.74) is 2.55. The van der Waals surface area contributed by atoms with E-state index in [9.17, 15) is 4.79 Å². The van der Waals surface area contributed by atoms with Crippen molar-refractivity contribution in [3.8, 4) is 0 Å². The summed E-state index contributed by atoms with van der Waals surface area (Å²) < 4.78 is 5.00. The van der Waals surface area contributed by atoms with Gasteiger partial charge in [0, 0.05) is 25.0 Å². The first-order chi connectivity index (χ1) is 13.7. The molecule has 3 aromatic rings. The van der Waals surface area contributed by atoms with Gasteiger partial charge >= 0.3 is 5.97 Å². The molecule has 0 atom stereocenters. The summed E-state index contributed by atoms with van der Waals surface area (Å²) in [7, 11) is 0. The van der Waals surface area contributed by atoms with E-state index in [1.54, 1.807) is 25.3 Å². The first-order valence-electron chi connectivity index (χ1n) is 9.35. The second-order valence-electron chi connectivity index (χ2n) is 6.16. The van der Waals surface area contributed by atoms with Crippen LogP contribution in [0.3, 0.4) is 0 Å². The summed E-state index contributed by atoms with van der Waals surface area (Å²) in [6.07, 6.45) is 1.74. The van der Waals surface area contributed by atoms with Gasteiger partial charge in [-0.15, -0.1) is 0 Å². The maximum absolute atomic E-state index is 11.7. The molecule has 0 fully saturated rings. The van der Waals surface area contributed by atoms with Crippen molar-refractivity contribution in [2.75, 3.05) is 23.4 Å². The number of esters is 1. The Kier molecular flexibility index (Phi) is 6.57. The van der Waals surface area contributed by atoms with Crippen LogP contribution in [0.4, 0.5) is 17.5 Å². The second-order valence-corrected chi connectivity index (χ2v) is 6.16. The van der Waals surface area contributed by atoms with Gasteiger partial charge < -0.3 is 15.0 Å². The van der Waals surface area contributed by atoms with E-state index in [1.807, 2.05) is 36.4 Å². The fraction of sp³-hybridized carbons (Fsp3) is 0.227. The van der Waals surface area contributed by atoms with Crippen molar-refractivity contribution in [3.05, 3.63) is 78.0 Å². The van der Waals surface area contributed by atoms with Crippen LogP contribution in [0.25, 0.3) is 0 Å². The Hall–Kier alpha value is -3.41. The van der Waals surface area contributed by atoms with Gasteiger partial charge in [-0.3, -0.25) is 0 Å². The van der Waals surface area contributed by atoms with Crippen LogP contribution in [0, 0.1) is 0 Å². The maximum Gasteiger partial charge on any atom is 0.338 e. The van der Waals surface area contributed by atoms with Crippen molar-refractivity contribution < 1.29 is 9.53 Å². The highest BCUT2D eigenvalue weighted by Gasteiger charge is 2.09. The lowest BCUT2D eigenvalue weighted by atomic mass is 10.2. The summed E-state index contributed by atoms with van der Waals surface area (Å²) >= 11 is 0. The van der Waals surface area contributed by atoms with Gasteiger partial charge in [-0.1, -0.05) is 30.3 Å². The summed E-state index contributed by atoms with van der Waals surface area (Å²) in [6.45, 7) is 5.86. The van der Waals surface area contributed by atoms with Crippen molar-refractivity contribution >= 4 is 23.4 Å². The molecule has 0 amide bonds. The van der Waals surface area contributed by atoms with E-state index in [0.29, 0.717) is 18.1 Å². The van der Waals surface area contributed by atoms with Crippen LogP contribution in [0.5, 0.6) is 0 Å². The minimum Gasteiger partial charge on any atom is -0.462 e. The molecule has 0 radical (unpaired) electrons. The lowest BCUT2D eigenvalue weighted by Gasteiger charge is -2.22. The molecule has 0 aliphatic carbocycles. The molecule has 6 nitrogen and oxygen atoms in total. The van der Waals surface area contributed by atoms with Crippen LogP contribution < -0.4 is 10.2 Å². The average molecular weight is 376 g/mol. The third-order valence-electron chi connectivity index (χ3n) is 4.22. The summed E-state index contributed by atoms with van der Waals surface area (Å²) in [6, 6.07) is 19.3. The van der Waals surface area contributed by atoms with E-state index < -0.39 is 0 Å². The largest absolute Gasteiger partial charge is 0.462 e. The third kappa shape index (κ3) is 5.07. The number of ether oxygens (including phenoxy) is 1. The van der Waals surface area contributed by atoms with E-state index in [2.05, 4.69) is 39.2 Å². The first-order valence-corrected chi connectivity index (χ1v) is 9.35. The molecule has 144 valence electrons. The number of hydrogen-bond acceptors (Lipinski definition) is 6. The molecule has 0 unspecified atom stereocenters. The molecule has 0 bridgehead atoms. The summed E-state index contributed by atoms with van der Waals surface area (Å²) in [5.74, 6) is 1.03. The lowest BCUT2D eigenvalue weighted by Crippen LogP contribution is -2.23. The molecular formula is C22H24N4O2. The number of hydrogen-bond donors (Lipinski definition) is 1. The number of anilines is 3. The van der Waals surface area contributed by atoms with E-state index in [-0.39, 0.29) is 5.97 Å². The van der Waals surface area contributed by atoms with Crippen molar-refractivity contribution in [2.45, 2.75) is 20.4 Å². The van der Waals surface area contributed by atoms with Gasteiger partial charge in [0.25, 0.3) is 0 Å². The minimum absolute atomic E-state index is 0.327. The molecule has 28 heavy (non-hydrogen) atoms. The Morgan fingerprint density at radius 2 is 1.79 bits per heavy atom. The SMILES string of the molecule is CCOC(=O)c1ccc(Nc2nccc(N(CC)Cc3ccccc3)n2)cc1. The van der Waals surface area contributed by atoms with Crippen LogP contribution in [-0.2, 0) is 11.3 Å². The monoisotopic (exact) mass is 376 g/mol. The molecule has 0 aliphatic heterocycles. The zero-order valence-electron chi connectivity index (χ0n) is 16.1. The number of rotatable bonds is 8. The van der Waals surface area contributed by atoms with Crippen LogP contribution in [0.2, 0.25) is 0 Å². The Morgan fingerprint density at radius 1 is 1.04 bits per heavy atom. The zero-order valence-corrected chi connectivity index (χ0v) is 16.1. The molecular weight excluding hydrogens is 352 g/mol. The molecule has 3 rings (SSSR count). The van der Waals surface area contributed by atoms with Crippen LogP contribution in [0.15, 0.2) is 66.9 Å². The molecule has 0 saturated heterocycles. The Bertz CT molecular complexity index is 898. The minimum atomic E-state index is -0.327. The predicted octanol–water partition coefficient (Wildman–Crippen LogP) is 4.42. The highest BCUT2D eigenvalue weighted by atomic mass is 16.5. The highest BCUT2D eigenvalue weighted by Crippen LogP contribution is 2.19. The molecule has 0 aliphatic rings. The van der Waals surface area contributed by atoms with Gasteiger partial charge in [0.2, 0.25) is 5.95 Å². The molecule has 1 N–H and O–H groups in total. The zero-order chi connectivity index (χ0) is 19.8. The van der Waals surface area contributed by atoms with Crippen molar-refractivity contribution in [1.29, 1.82) is 0 Å². The molecule has 1 heterocycles. The van der Waals surface area contributed by atoms with Crippen LogP contribution >= 0.6 is 0 Å². The first kappa shape index (κ1) is 19.4. The predicted molar refractivity (Wildman–Crippen MR) is 111 cm³/mol. The number of benzene rings is 2. The quantitative estimate of drug-likeness (QED) is 0.587. The van der Waals surface area contributed by atoms with E-state index >= 15 is 0 Å². The van der Waals surface area contributed by atoms with Gasteiger partial charge in [-0.25, -0.2) is 9.78 Å². The number of carbonyl (C=O) groups excluding carboxylic acids is 1. The van der Waals surface area contributed by atoms with Gasteiger partial charge in [-0.05, 0) is 49.7 Å². The summed E-state index contributed by atoms with van der Waals surface area (Å²) in [5, 5.41) is 3.18. The lowest BCUT2D eigenvalue weighted by molar-refractivity contribution is 0.0526. The second kappa shape index (κ2) is 9.50. The fourth-order valence-corrected chi connectivity index (χ4v) is 2.78. The smallest absolute Gasteiger partial charge is 0.338 e. The molecule has 0 saturated carbocycles. The average Bonchev–Trinajstić information content (AvgIpc) is 2.73. The molecule has 2 aromatic carbocycles. The topological polar surface area (TPSA) is 67.3 Å². The van der Waals surface area contributed by atoms with Crippen molar-refractivity contribution in [1.82, 2.24) is 9.97 Å². The Morgan fingerprint density at radius 3 is 2.46 bits per heavy atom. The normalized spacial score (nSPS) is 10.4. The maximum atomic E-state index is 11.7. The van der Waals surface area contributed by atoms with Gasteiger partial charge in [0.05, 0.1) is 12.2 Å². The van der Waals surface area contributed by atoms with E-state index in [1.165, 1.54) is 5.56 Å². The highest BCUT2D eigenvalue weighted by molar-refractivity contribution is 5.89. The standard InChI is InChI=1S/C22H24N4O2/c1-3-26(16-17-8-6-5-7-9-17)20-14-15-23-22(25-20)24-19-12-10-18(11-13-19)21(27)28-4-2/h5-15H,3-4,16H2,1-2H3,(H,23,24,25). The Labute approximate surface area is 165 Å². The molecule has 6 heteroatoms. The van der Waals surface area contributed by atoms with Crippen LogP contribution in [-0.4, -0.2) is 29.1 Å². The number of nitrogens with one attached hydrogen (secondary N) is 1. The Balaban J connectivity index is 1.71. The number of aromatic nitrogens is 2. The number of nitrogens with zero attached hydrogens (tertiary/aromatic N) is 3.